The van der Waals surface area contributed by atoms with Crippen molar-refractivity contribution in [3.05, 3.63) is 48.0 Å². The topological polar surface area (TPSA) is 60.2 Å². The number of hydrogen-bond donors (Lipinski definition) is 0. The van der Waals surface area contributed by atoms with Crippen LogP contribution in [0.15, 0.2) is 36.8 Å². The zero-order valence-electron chi connectivity index (χ0n) is 14.6. The molecule has 2 fully saturated rings. The van der Waals surface area contributed by atoms with E-state index in [9.17, 15) is 4.79 Å². The molecule has 2 atom stereocenters. The van der Waals surface area contributed by atoms with Crippen molar-refractivity contribution in [1.82, 2.24) is 19.7 Å². The van der Waals surface area contributed by atoms with Crippen LogP contribution >= 0.6 is 0 Å². The second kappa shape index (κ2) is 6.59. The molecule has 1 amide bonds. The number of fused-ring (bicyclic) bond motifs is 1. The Kier molecular flexibility index (Phi) is 4.29. The molecule has 1 saturated carbocycles. The molecule has 1 aliphatic heterocycles. The average molecular weight is 340 g/mol. The van der Waals surface area contributed by atoms with E-state index in [0.29, 0.717) is 24.8 Å². The van der Waals surface area contributed by atoms with Crippen LogP contribution in [0.2, 0.25) is 0 Å². The molecular formula is C19H24N4O2. The minimum atomic E-state index is 0.0432. The van der Waals surface area contributed by atoms with Crippen LogP contribution in [0, 0.1) is 11.3 Å². The molecule has 0 radical (unpaired) electrons. The fourth-order valence-electron chi connectivity index (χ4n) is 4.35. The summed E-state index contributed by atoms with van der Waals surface area (Å²) in [5.74, 6) is 0.579. The molecule has 6 heteroatoms. The van der Waals surface area contributed by atoms with Crippen molar-refractivity contribution in [2.24, 2.45) is 18.4 Å². The third kappa shape index (κ3) is 3.18. The van der Waals surface area contributed by atoms with Crippen LogP contribution in [0.5, 0.6) is 0 Å². The number of nitrogens with zero attached hydrogens (tertiary/aromatic N) is 4. The summed E-state index contributed by atoms with van der Waals surface area (Å²) in [6.07, 6.45) is 8.98. The first-order valence-corrected chi connectivity index (χ1v) is 8.92. The molecule has 4 rings (SSSR count). The van der Waals surface area contributed by atoms with Gasteiger partial charge in [0.05, 0.1) is 13.2 Å². The fourth-order valence-corrected chi connectivity index (χ4v) is 4.35. The molecule has 1 saturated heterocycles. The zero-order chi connectivity index (χ0) is 17.3. The lowest BCUT2D eigenvalue weighted by molar-refractivity contribution is 0.0264. The monoisotopic (exact) mass is 340 g/mol. The predicted octanol–water partition coefficient (Wildman–Crippen LogP) is 2.27. The number of aromatic nitrogens is 3. The number of aryl methyl sites for hydroxylation is 1. The van der Waals surface area contributed by atoms with E-state index in [1.165, 1.54) is 12.8 Å². The van der Waals surface area contributed by atoms with Crippen LogP contribution in [0.3, 0.4) is 0 Å². The van der Waals surface area contributed by atoms with E-state index in [1.807, 2.05) is 36.5 Å². The van der Waals surface area contributed by atoms with Crippen molar-refractivity contribution in [3.8, 4) is 0 Å². The molecule has 0 aromatic carbocycles. The highest BCUT2D eigenvalue weighted by Crippen LogP contribution is 2.49. The van der Waals surface area contributed by atoms with Gasteiger partial charge in [0.25, 0.3) is 5.91 Å². The Hall–Kier alpha value is -2.21. The maximum absolute atomic E-state index is 12.7. The van der Waals surface area contributed by atoms with Crippen molar-refractivity contribution in [1.29, 1.82) is 0 Å². The summed E-state index contributed by atoms with van der Waals surface area (Å²) in [5, 5.41) is 4.26. The normalized spacial score (nSPS) is 25.3. The van der Waals surface area contributed by atoms with Crippen LogP contribution < -0.4 is 0 Å². The standard InChI is InChI=1S/C19H24N4O2/c1-22-9-6-17(21-22)18(24)23-11-16-5-2-7-19(16,13-23)14-25-12-15-4-3-8-20-10-15/h3-4,6,8-10,16H,2,5,7,11-14H2,1H3/t16-,19+/m1/s1. The van der Waals surface area contributed by atoms with Gasteiger partial charge in [0.15, 0.2) is 0 Å². The van der Waals surface area contributed by atoms with E-state index < -0.39 is 0 Å². The quantitative estimate of drug-likeness (QED) is 0.838. The predicted molar refractivity (Wildman–Crippen MR) is 92.8 cm³/mol. The van der Waals surface area contributed by atoms with Gasteiger partial charge in [-0.3, -0.25) is 14.5 Å². The Morgan fingerprint density at radius 2 is 2.36 bits per heavy atom. The Balaban J connectivity index is 1.41. The summed E-state index contributed by atoms with van der Waals surface area (Å²) in [4.78, 5) is 18.8. The summed E-state index contributed by atoms with van der Waals surface area (Å²) < 4.78 is 7.73. The van der Waals surface area contributed by atoms with Gasteiger partial charge in [0, 0.05) is 44.1 Å². The van der Waals surface area contributed by atoms with Gasteiger partial charge >= 0.3 is 0 Å². The van der Waals surface area contributed by atoms with E-state index >= 15 is 0 Å². The van der Waals surface area contributed by atoms with E-state index in [4.69, 9.17) is 4.74 Å². The number of amides is 1. The molecule has 6 nitrogen and oxygen atoms in total. The molecule has 1 aliphatic carbocycles. The number of likely N-dealkylation sites (tertiary alicyclic amines) is 1. The van der Waals surface area contributed by atoms with Crippen molar-refractivity contribution in [3.63, 3.8) is 0 Å². The lowest BCUT2D eigenvalue weighted by Crippen LogP contribution is -2.35. The molecule has 0 spiro atoms. The van der Waals surface area contributed by atoms with Gasteiger partial charge in [0.2, 0.25) is 0 Å². The number of rotatable bonds is 5. The maximum atomic E-state index is 12.7. The fraction of sp³-hybridized carbons (Fsp3) is 0.526. The second-order valence-corrected chi connectivity index (χ2v) is 7.37. The largest absolute Gasteiger partial charge is 0.376 e. The van der Waals surface area contributed by atoms with Crippen LogP contribution in [-0.2, 0) is 18.4 Å². The first kappa shape index (κ1) is 16.3. The molecule has 0 unspecified atom stereocenters. The highest BCUT2D eigenvalue weighted by Gasteiger charge is 2.51. The minimum Gasteiger partial charge on any atom is -0.376 e. The molecule has 2 aromatic heterocycles. The summed E-state index contributed by atoms with van der Waals surface area (Å²) in [6, 6.07) is 5.75. The number of pyridine rings is 1. The third-order valence-electron chi connectivity index (χ3n) is 5.64. The summed E-state index contributed by atoms with van der Waals surface area (Å²) in [6.45, 7) is 2.89. The number of carbonyl (C=O) groups excluding carboxylic acids is 1. The number of carbonyl (C=O) groups is 1. The smallest absolute Gasteiger partial charge is 0.274 e. The van der Waals surface area contributed by atoms with Gasteiger partial charge in [0.1, 0.15) is 5.69 Å². The molecule has 132 valence electrons. The highest BCUT2D eigenvalue weighted by atomic mass is 16.5. The highest BCUT2D eigenvalue weighted by molar-refractivity contribution is 5.92. The van der Waals surface area contributed by atoms with Gasteiger partial charge in [-0.05, 0) is 36.5 Å². The van der Waals surface area contributed by atoms with E-state index in [2.05, 4.69) is 10.1 Å². The lowest BCUT2D eigenvalue weighted by Gasteiger charge is -2.28. The number of ether oxygens (including phenoxy) is 1. The van der Waals surface area contributed by atoms with Gasteiger partial charge < -0.3 is 9.64 Å². The van der Waals surface area contributed by atoms with Crippen LogP contribution in [0.25, 0.3) is 0 Å². The molecule has 3 heterocycles. The number of hydrogen-bond acceptors (Lipinski definition) is 4. The average Bonchev–Trinajstić information content (AvgIpc) is 3.29. The molecule has 2 aromatic rings. The molecule has 25 heavy (non-hydrogen) atoms. The molecule has 2 aliphatic rings. The lowest BCUT2D eigenvalue weighted by atomic mass is 9.81. The van der Waals surface area contributed by atoms with Crippen LogP contribution in [0.4, 0.5) is 0 Å². The summed E-state index contributed by atoms with van der Waals surface area (Å²) in [7, 11) is 1.84. The van der Waals surface area contributed by atoms with Gasteiger partial charge in [-0.15, -0.1) is 0 Å². The van der Waals surface area contributed by atoms with Crippen molar-refractivity contribution in [2.45, 2.75) is 25.9 Å². The Labute approximate surface area is 147 Å². The molecule has 0 bridgehead atoms. The van der Waals surface area contributed by atoms with Crippen molar-refractivity contribution >= 4 is 5.91 Å². The van der Waals surface area contributed by atoms with E-state index in [-0.39, 0.29) is 11.3 Å². The first-order valence-electron chi connectivity index (χ1n) is 8.92. The Bertz CT molecular complexity index is 745. The van der Waals surface area contributed by atoms with Crippen molar-refractivity contribution in [2.75, 3.05) is 19.7 Å². The summed E-state index contributed by atoms with van der Waals surface area (Å²) in [5.41, 5.74) is 1.73. The second-order valence-electron chi connectivity index (χ2n) is 7.37. The Morgan fingerprint density at radius 1 is 1.44 bits per heavy atom. The first-order chi connectivity index (χ1) is 12.2. The third-order valence-corrected chi connectivity index (χ3v) is 5.64. The van der Waals surface area contributed by atoms with E-state index in [1.54, 1.807) is 16.9 Å². The Morgan fingerprint density at radius 3 is 3.12 bits per heavy atom. The SMILES string of the molecule is Cn1ccc(C(=O)N2C[C@H]3CCC[C@@]3(COCc3cccnc3)C2)n1. The maximum Gasteiger partial charge on any atom is 0.274 e. The van der Waals surface area contributed by atoms with Crippen LogP contribution in [-0.4, -0.2) is 45.3 Å². The zero-order valence-corrected chi connectivity index (χ0v) is 14.6. The van der Waals surface area contributed by atoms with Gasteiger partial charge in [-0.2, -0.15) is 5.10 Å². The van der Waals surface area contributed by atoms with Crippen molar-refractivity contribution < 1.29 is 9.53 Å². The summed E-state index contributed by atoms with van der Waals surface area (Å²) >= 11 is 0. The molecule has 0 N–H and O–H groups in total. The molecular weight excluding hydrogens is 316 g/mol. The van der Waals surface area contributed by atoms with Crippen LogP contribution in [0.1, 0.15) is 35.3 Å². The minimum absolute atomic E-state index is 0.0432. The van der Waals surface area contributed by atoms with E-state index in [0.717, 1.165) is 25.1 Å². The van der Waals surface area contributed by atoms with Gasteiger partial charge in [-0.1, -0.05) is 12.5 Å². The van der Waals surface area contributed by atoms with Gasteiger partial charge in [-0.25, -0.2) is 0 Å².